The summed E-state index contributed by atoms with van der Waals surface area (Å²) in [6.07, 6.45) is -1.59. The minimum Gasteiger partial charge on any atom is -0.510 e. The van der Waals surface area contributed by atoms with Gasteiger partial charge in [-0.1, -0.05) is 12.1 Å². The fourth-order valence-corrected chi connectivity index (χ4v) is 5.59. The van der Waals surface area contributed by atoms with E-state index in [2.05, 4.69) is 0 Å². The number of aliphatic hydroxyl groups excluding tert-OH is 3. The average molecular weight is 444 g/mol. The monoisotopic (exact) mass is 444 g/mol. The molecule has 1 amide bonds. The second kappa shape index (κ2) is 6.89. The summed E-state index contributed by atoms with van der Waals surface area (Å²) in [5, 5.41) is 54.7. The number of rotatable bonds is 2. The number of fused-ring (bicyclic) bond motifs is 3. The molecule has 0 spiro atoms. The highest BCUT2D eigenvalue weighted by Gasteiger charge is 2.63. The van der Waals surface area contributed by atoms with Crippen molar-refractivity contribution in [2.45, 2.75) is 24.7 Å². The molecule has 0 radical (unpaired) electrons. The molecule has 1 fully saturated rings. The van der Waals surface area contributed by atoms with Gasteiger partial charge < -0.3 is 31.3 Å². The Morgan fingerprint density at radius 1 is 1.12 bits per heavy atom. The number of phenols is 1. The molecule has 170 valence electrons. The number of primary amides is 1. The molecule has 0 aliphatic heterocycles. The van der Waals surface area contributed by atoms with Gasteiger partial charge in [0.15, 0.2) is 11.6 Å². The zero-order chi connectivity index (χ0) is 23.9. The number of carbonyl (C=O) groups is 3. The Morgan fingerprint density at radius 2 is 1.75 bits per heavy atom. The quantitative estimate of drug-likeness (QED) is 0.258. The lowest BCUT2D eigenvalue weighted by Crippen LogP contribution is -2.63. The summed E-state index contributed by atoms with van der Waals surface area (Å²) >= 11 is 0. The number of benzene rings is 1. The molecule has 1 saturated carbocycles. The maximum Gasteiger partial charge on any atom is 0.255 e. The van der Waals surface area contributed by atoms with Crippen LogP contribution >= 0.6 is 0 Å². The van der Waals surface area contributed by atoms with Gasteiger partial charge in [-0.15, -0.1) is 0 Å². The first-order chi connectivity index (χ1) is 14.8. The van der Waals surface area contributed by atoms with Crippen LogP contribution in [0.15, 0.2) is 35.1 Å². The molecule has 3 aliphatic rings. The van der Waals surface area contributed by atoms with Crippen molar-refractivity contribution in [2.24, 2.45) is 23.5 Å². The third-order valence-corrected chi connectivity index (χ3v) is 6.90. The van der Waals surface area contributed by atoms with Crippen LogP contribution in [0.1, 0.15) is 18.1 Å². The van der Waals surface area contributed by atoms with E-state index in [0.29, 0.717) is 0 Å². The molecule has 0 aromatic heterocycles. The maximum absolute atomic E-state index is 13.6. The predicted octanol–water partition coefficient (Wildman–Crippen LogP) is -0.515. The molecule has 0 bridgehead atoms. The number of hydrogen-bond acceptors (Lipinski definition) is 9. The van der Waals surface area contributed by atoms with E-state index in [1.807, 2.05) is 0 Å². The fourth-order valence-electron chi connectivity index (χ4n) is 5.59. The Bertz CT molecular complexity index is 1130. The molecule has 0 heterocycles. The molecule has 1 aromatic rings. The third kappa shape index (κ3) is 2.60. The summed E-state index contributed by atoms with van der Waals surface area (Å²) in [6.45, 7) is 1.33. The summed E-state index contributed by atoms with van der Waals surface area (Å²) in [6, 6.07) is 3.02. The van der Waals surface area contributed by atoms with E-state index in [1.54, 1.807) is 0 Å². The summed E-state index contributed by atoms with van der Waals surface area (Å²) < 4.78 is 0. The van der Waals surface area contributed by atoms with Crippen LogP contribution in [-0.2, 0) is 20.0 Å². The van der Waals surface area contributed by atoms with Crippen molar-refractivity contribution in [3.8, 4) is 5.75 Å². The van der Waals surface area contributed by atoms with Crippen LogP contribution in [0.5, 0.6) is 5.75 Å². The number of nitrogens with two attached hydrogens (primary N) is 1. The Morgan fingerprint density at radius 3 is 2.31 bits per heavy atom. The average Bonchev–Trinajstić information content (AvgIpc) is 2.67. The standard InChI is InChI=1S/C22H24N2O8/c1-22(32)7-5-4-6-8(25)9(7)16(26)12-14(22)19(29)10-11(17(12)27)18(28)13(21(23)31)20(30)15(10)24(2)3/h4-6,10-11,14-15,19,25-26,29-30,32H,1-3H3,(H2,23,31)/t10-,11?,14-,15+,19-,22-/m1/s1. The molecular weight excluding hydrogens is 420 g/mol. The lowest BCUT2D eigenvalue weighted by Gasteiger charge is -2.52. The number of Topliss-reactive ketones (excluding diaryl/α,β-unsaturated/α-hetero) is 2. The van der Waals surface area contributed by atoms with E-state index >= 15 is 0 Å². The number of aliphatic hydroxyl groups is 4. The molecule has 32 heavy (non-hydrogen) atoms. The number of aromatic hydroxyl groups is 1. The number of phenolic OH excluding ortho intramolecular Hbond substituents is 1. The van der Waals surface area contributed by atoms with Gasteiger partial charge in [-0.3, -0.25) is 19.3 Å². The van der Waals surface area contributed by atoms with Crippen molar-refractivity contribution >= 4 is 23.2 Å². The minimum atomic E-state index is -1.92. The predicted molar refractivity (Wildman–Crippen MR) is 110 cm³/mol. The molecule has 0 saturated heterocycles. The van der Waals surface area contributed by atoms with Gasteiger partial charge in [0.25, 0.3) is 5.91 Å². The van der Waals surface area contributed by atoms with Crippen LogP contribution < -0.4 is 5.73 Å². The van der Waals surface area contributed by atoms with Crippen LogP contribution in [0.3, 0.4) is 0 Å². The molecule has 7 N–H and O–H groups in total. The van der Waals surface area contributed by atoms with Crippen LogP contribution in [0.25, 0.3) is 5.76 Å². The van der Waals surface area contributed by atoms with E-state index in [0.717, 1.165) is 0 Å². The van der Waals surface area contributed by atoms with Crippen molar-refractivity contribution in [1.82, 2.24) is 4.90 Å². The van der Waals surface area contributed by atoms with E-state index in [9.17, 15) is 39.9 Å². The SMILES string of the molecule is CN(C)[C@@H]1C(O)=C(C(N)=O)C(=O)C2C(=O)C3=C(O)c4c(O)cccc4[C@@](C)(O)[C@H]3[C@H](O)[C@H]21. The molecule has 1 aromatic carbocycles. The first-order valence-corrected chi connectivity index (χ1v) is 9.98. The fraction of sp³-hybridized carbons (Fsp3) is 0.409. The van der Waals surface area contributed by atoms with Gasteiger partial charge >= 0.3 is 0 Å². The lowest BCUT2D eigenvalue weighted by molar-refractivity contribution is -0.153. The molecule has 10 nitrogen and oxygen atoms in total. The van der Waals surface area contributed by atoms with Gasteiger partial charge in [0.2, 0.25) is 0 Å². The number of ketones is 2. The van der Waals surface area contributed by atoms with Crippen molar-refractivity contribution in [3.05, 3.63) is 46.2 Å². The van der Waals surface area contributed by atoms with Gasteiger partial charge in [0.05, 0.1) is 35.1 Å². The van der Waals surface area contributed by atoms with E-state index in [1.165, 1.54) is 44.1 Å². The zero-order valence-corrected chi connectivity index (χ0v) is 17.6. The summed E-state index contributed by atoms with van der Waals surface area (Å²) in [5.74, 6) is -9.16. The largest absolute Gasteiger partial charge is 0.510 e. The van der Waals surface area contributed by atoms with Crippen molar-refractivity contribution in [1.29, 1.82) is 0 Å². The van der Waals surface area contributed by atoms with Crippen molar-refractivity contribution in [3.63, 3.8) is 0 Å². The van der Waals surface area contributed by atoms with Crippen LogP contribution in [0.4, 0.5) is 0 Å². The maximum atomic E-state index is 13.6. The first-order valence-electron chi connectivity index (χ1n) is 9.98. The second-order valence-corrected chi connectivity index (χ2v) is 8.89. The number of likely N-dealkylation sites (N-methyl/N-ethyl adjacent to an activating group) is 1. The van der Waals surface area contributed by atoms with Crippen molar-refractivity contribution < 1.29 is 39.9 Å². The molecule has 3 aliphatic carbocycles. The van der Waals surface area contributed by atoms with Gasteiger partial charge in [0.1, 0.15) is 22.8 Å². The van der Waals surface area contributed by atoms with Crippen LogP contribution in [-0.4, -0.2) is 74.1 Å². The van der Waals surface area contributed by atoms with Gasteiger partial charge in [-0.25, -0.2) is 0 Å². The minimum absolute atomic E-state index is 0.0928. The Kier molecular flexibility index (Phi) is 4.74. The number of carbonyl (C=O) groups excluding carboxylic acids is 3. The molecule has 6 atom stereocenters. The van der Waals surface area contributed by atoms with Crippen molar-refractivity contribution in [2.75, 3.05) is 14.1 Å². The summed E-state index contributed by atoms with van der Waals surface area (Å²) in [4.78, 5) is 40.1. The zero-order valence-electron chi connectivity index (χ0n) is 17.6. The highest BCUT2D eigenvalue weighted by Crippen LogP contribution is 2.55. The Balaban J connectivity index is 2.03. The highest BCUT2D eigenvalue weighted by molar-refractivity contribution is 6.28. The Hall–Kier alpha value is -3.21. The normalized spacial score (nSPS) is 34.4. The molecule has 10 heteroatoms. The number of amides is 1. The topological polar surface area (TPSA) is 182 Å². The number of hydrogen-bond donors (Lipinski definition) is 6. The lowest BCUT2D eigenvalue weighted by atomic mass is 9.54. The van der Waals surface area contributed by atoms with Crippen LogP contribution in [0, 0.1) is 17.8 Å². The van der Waals surface area contributed by atoms with Crippen LogP contribution in [0.2, 0.25) is 0 Å². The third-order valence-electron chi connectivity index (χ3n) is 6.90. The van der Waals surface area contributed by atoms with Gasteiger partial charge in [-0.2, -0.15) is 0 Å². The molecule has 4 rings (SSSR count). The summed E-state index contributed by atoms with van der Waals surface area (Å²) in [7, 11) is 3.05. The van der Waals surface area contributed by atoms with E-state index in [-0.39, 0.29) is 11.1 Å². The smallest absolute Gasteiger partial charge is 0.255 e. The van der Waals surface area contributed by atoms with E-state index < -0.39 is 81.4 Å². The first kappa shape index (κ1) is 22.0. The second-order valence-electron chi connectivity index (χ2n) is 8.89. The molecular formula is C22H24N2O8. The van der Waals surface area contributed by atoms with Gasteiger partial charge in [0, 0.05) is 11.5 Å². The Labute approximate surface area is 182 Å². The van der Waals surface area contributed by atoms with E-state index in [4.69, 9.17) is 5.73 Å². The number of nitrogens with zero attached hydrogens (tertiary/aromatic N) is 1. The highest BCUT2D eigenvalue weighted by atomic mass is 16.3. The summed E-state index contributed by atoms with van der Waals surface area (Å²) in [5.41, 5.74) is 2.13. The van der Waals surface area contributed by atoms with Gasteiger partial charge in [-0.05, 0) is 32.6 Å². The molecule has 1 unspecified atom stereocenters.